The minimum atomic E-state index is -0.689. The molecule has 34 heavy (non-hydrogen) atoms. The first-order chi connectivity index (χ1) is 16.3. The Kier molecular flexibility index (Phi) is 7.12. The van der Waals surface area contributed by atoms with Gasteiger partial charge in [-0.15, -0.1) is 0 Å². The second kappa shape index (κ2) is 10.2. The molecular weight excluding hydrogens is 502 g/mol. The van der Waals surface area contributed by atoms with Crippen molar-refractivity contribution in [3.8, 4) is 5.75 Å². The quantitative estimate of drug-likeness (QED) is 0.424. The molecule has 1 fully saturated rings. The second-order valence-electron chi connectivity index (χ2n) is 8.27. The average Bonchev–Trinajstić information content (AvgIpc) is 3.42. The molecule has 8 nitrogen and oxygen atoms in total. The number of benzene rings is 2. The number of hydrogen-bond donors (Lipinski definition) is 2. The maximum absolute atomic E-state index is 13.1. The summed E-state index contributed by atoms with van der Waals surface area (Å²) in [7, 11) is 0. The van der Waals surface area contributed by atoms with E-state index in [-0.39, 0.29) is 29.0 Å². The van der Waals surface area contributed by atoms with Crippen LogP contribution in [0.1, 0.15) is 30.9 Å². The molecule has 1 amide bonds. The third-order valence-electron chi connectivity index (χ3n) is 5.78. The van der Waals surface area contributed by atoms with Crippen LogP contribution in [-0.2, 0) is 25.5 Å². The zero-order chi connectivity index (χ0) is 24.2. The summed E-state index contributed by atoms with van der Waals surface area (Å²) in [6, 6.07) is 12.6. The summed E-state index contributed by atoms with van der Waals surface area (Å²) >= 11 is 3.37. The van der Waals surface area contributed by atoms with E-state index in [4.69, 9.17) is 4.74 Å². The Morgan fingerprint density at radius 2 is 1.94 bits per heavy atom. The van der Waals surface area contributed by atoms with Crippen LogP contribution >= 0.6 is 15.9 Å². The monoisotopic (exact) mass is 525 g/mol. The van der Waals surface area contributed by atoms with Crippen LogP contribution in [0.15, 0.2) is 69.9 Å². The molecule has 2 aromatic carbocycles. The Hall–Kier alpha value is -3.46. The highest BCUT2D eigenvalue weighted by molar-refractivity contribution is 9.10. The largest absolute Gasteiger partial charge is 0.508 e. The molecule has 0 unspecified atom stereocenters. The lowest BCUT2D eigenvalue weighted by molar-refractivity contribution is -0.130. The van der Waals surface area contributed by atoms with Gasteiger partial charge >= 0.3 is 5.97 Å². The average molecular weight is 526 g/mol. The van der Waals surface area contributed by atoms with Gasteiger partial charge in [0.25, 0.3) is 0 Å². The van der Waals surface area contributed by atoms with E-state index in [1.807, 2.05) is 12.1 Å². The van der Waals surface area contributed by atoms with Gasteiger partial charge in [-0.05, 0) is 68.1 Å². The summed E-state index contributed by atoms with van der Waals surface area (Å²) in [6.45, 7) is 2.02. The van der Waals surface area contributed by atoms with Gasteiger partial charge in [0.2, 0.25) is 11.8 Å². The first-order valence-corrected chi connectivity index (χ1v) is 11.7. The van der Waals surface area contributed by atoms with Gasteiger partial charge in [-0.1, -0.05) is 28.1 Å². The smallest absolute Gasteiger partial charge is 0.365 e. The number of phenols is 1. The molecule has 0 bridgehead atoms. The van der Waals surface area contributed by atoms with Crippen LogP contribution in [0.25, 0.3) is 0 Å². The zero-order valence-electron chi connectivity index (χ0n) is 18.5. The predicted octanol–water partition coefficient (Wildman–Crippen LogP) is 3.08. The summed E-state index contributed by atoms with van der Waals surface area (Å²) in [4.78, 5) is 43.7. The molecule has 2 N–H and O–H groups in total. The summed E-state index contributed by atoms with van der Waals surface area (Å²) in [6.07, 6.45) is 3.25. The van der Waals surface area contributed by atoms with Crippen molar-refractivity contribution in [3.63, 3.8) is 0 Å². The predicted molar refractivity (Wildman–Crippen MR) is 129 cm³/mol. The van der Waals surface area contributed by atoms with Crippen molar-refractivity contribution in [1.82, 2.24) is 10.2 Å². The minimum Gasteiger partial charge on any atom is -0.508 e. The number of nitrogens with one attached hydrogen (secondary N) is 1. The van der Waals surface area contributed by atoms with Crippen molar-refractivity contribution in [1.29, 1.82) is 0 Å². The fraction of sp³-hybridized carbons (Fsp3) is 0.280. The number of carbonyl (C=O) groups excluding carboxylic acids is 3. The van der Waals surface area contributed by atoms with Crippen LogP contribution < -0.4 is 5.32 Å². The lowest BCUT2D eigenvalue weighted by Crippen LogP contribution is -2.48. The van der Waals surface area contributed by atoms with Gasteiger partial charge in [0.05, 0.1) is 6.04 Å². The third-order valence-corrected chi connectivity index (χ3v) is 6.31. The number of carbonyl (C=O) groups is 3. The van der Waals surface area contributed by atoms with Crippen molar-refractivity contribution < 1.29 is 24.2 Å². The number of rotatable bonds is 7. The van der Waals surface area contributed by atoms with E-state index in [0.717, 1.165) is 16.5 Å². The fourth-order valence-electron chi connectivity index (χ4n) is 3.93. The normalized spacial score (nSPS) is 19.6. The number of aromatic hydroxyl groups is 1. The summed E-state index contributed by atoms with van der Waals surface area (Å²) < 4.78 is 6.21. The first-order valence-electron chi connectivity index (χ1n) is 10.9. The SMILES string of the molecule is CC(=O)[C@H](Cc1ccc(O)cc1)NC(=O)[C@@H]1CCCN1/C=C1\N=C(c2ccc(Br)cc2)OC1=O. The maximum atomic E-state index is 13.1. The molecule has 1 saturated heterocycles. The van der Waals surface area contributed by atoms with E-state index in [2.05, 4.69) is 26.2 Å². The van der Waals surface area contributed by atoms with Gasteiger partial charge in [-0.3, -0.25) is 9.59 Å². The number of cyclic esters (lactones) is 1. The molecule has 2 aliphatic heterocycles. The third kappa shape index (κ3) is 5.53. The number of Topliss-reactive ketones (excluding diaryl/α,β-unsaturated/α-hetero) is 1. The van der Waals surface area contributed by atoms with E-state index in [1.54, 1.807) is 47.5 Å². The highest BCUT2D eigenvalue weighted by Gasteiger charge is 2.33. The van der Waals surface area contributed by atoms with Crippen LogP contribution in [0.3, 0.4) is 0 Å². The molecule has 2 aliphatic rings. The van der Waals surface area contributed by atoms with E-state index >= 15 is 0 Å². The van der Waals surface area contributed by atoms with Crippen LogP contribution in [-0.4, -0.2) is 52.2 Å². The van der Waals surface area contributed by atoms with Crippen molar-refractivity contribution in [2.24, 2.45) is 4.99 Å². The number of nitrogens with zero attached hydrogens (tertiary/aromatic N) is 2. The Morgan fingerprint density at radius 3 is 2.62 bits per heavy atom. The van der Waals surface area contributed by atoms with E-state index in [9.17, 15) is 19.5 Å². The van der Waals surface area contributed by atoms with Crippen LogP contribution in [0.2, 0.25) is 0 Å². The van der Waals surface area contributed by atoms with E-state index < -0.39 is 18.1 Å². The van der Waals surface area contributed by atoms with Gasteiger partial charge in [0.15, 0.2) is 11.5 Å². The molecule has 4 rings (SSSR count). The van der Waals surface area contributed by atoms with Crippen LogP contribution in [0.5, 0.6) is 5.75 Å². The fourth-order valence-corrected chi connectivity index (χ4v) is 4.19. The summed E-state index contributed by atoms with van der Waals surface area (Å²) in [5.41, 5.74) is 1.63. The lowest BCUT2D eigenvalue weighted by atomic mass is 10.0. The Bertz CT molecular complexity index is 1160. The molecule has 9 heteroatoms. The number of amides is 1. The highest BCUT2D eigenvalue weighted by atomic mass is 79.9. The summed E-state index contributed by atoms with van der Waals surface area (Å²) in [5, 5.41) is 12.3. The van der Waals surface area contributed by atoms with Gasteiger partial charge in [0, 0.05) is 22.8 Å². The minimum absolute atomic E-state index is 0.129. The number of likely N-dealkylation sites (tertiary alicyclic amines) is 1. The van der Waals surface area contributed by atoms with E-state index in [0.29, 0.717) is 24.9 Å². The molecule has 2 aromatic rings. The van der Waals surface area contributed by atoms with Crippen molar-refractivity contribution >= 4 is 39.5 Å². The summed E-state index contributed by atoms with van der Waals surface area (Å²) in [5.74, 6) is -0.658. The number of ether oxygens (including phenoxy) is 1. The molecule has 2 atom stereocenters. The van der Waals surface area contributed by atoms with Gasteiger partial charge < -0.3 is 20.1 Å². The zero-order valence-corrected chi connectivity index (χ0v) is 20.1. The number of hydrogen-bond acceptors (Lipinski definition) is 7. The Labute approximate surface area is 205 Å². The number of aliphatic imine (C=N–C) groups is 1. The van der Waals surface area contributed by atoms with Crippen molar-refractivity contribution in [2.45, 2.75) is 38.3 Å². The second-order valence-corrected chi connectivity index (χ2v) is 9.18. The standard InChI is InChI=1S/C25H24BrN3O5/c1-15(30)20(13-16-4-10-19(31)11-5-16)27-23(32)22-3-2-12-29(22)14-21-25(33)34-24(28-21)17-6-8-18(26)9-7-17/h4-11,14,20,22,31H,2-3,12-13H2,1H3,(H,27,32)/b21-14-/t20-,22-/m0/s1. The first kappa shape index (κ1) is 23.7. The molecule has 0 aliphatic carbocycles. The number of phenolic OH excluding ortho intramolecular Hbond substituents is 1. The number of ketones is 1. The Balaban J connectivity index is 1.46. The van der Waals surface area contributed by atoms with E-state index in [1.165, 1.54) is 6.92 Å². The van der Waals surface area contributed by atoms with Gasteiger partial charge in [-0.25, -0.2) is 9.79 Å². The van der Waals surface area contributed by atoms with Gasteiger partial charge in [-0.2, -0.15) is 0 Å². The number of esters is 1. The maximum Gasteiger partial charge on any atom is 0.365 e. The Morgan fingerprint density at radius 1 is 1.24 bits per heavy atom. The molecule has 0 spiro atoms. The van der Waals surface area contributed by atoms with Gasteiger partial charge in [0.1, 0.15) is 11.8 Å². The molecule has 176 valence electrons. The molecule has 0 saturated carbocycles. The highest BCUT2D eigenvalue weighted by Crippen LogP contribution is 2.23. The molecule has 0 radical (unpaired) electrons. The molecular formula is C25H24BrN3O5. The molecule has 2 heterocycles. The molecule has 0 aromatic heterocycles. The number of halogens is 1. The van der Waals surface area contributed by atoms with Crippen molar-refractivity contribution in [2.75, 3.05) is 6.54 Å². The van der Waals surface area contributed by atoms with Crippen LogP contribution in [0.4, 0.5) is 0 Å². The van der Waals surface area contributed by atoms with Crippen LogP contribution in [0, 0.1) is 0 Å². The van der Waals surface area contributed by atoms with Crippen molar-refractivity contribution in [3.05, 3.63) is 76.0 Å². The lowest BCUT2D eigenvalue weighted by Gasteiger charge is -2.24. The topological polar surface area (TPSA) is 108 Å².